The number of piperazine rings is 1. The zero-order valence-corrected chi connectivity index (χ0v) is 13.8. The molecule has 2 N–H and O–H groups in total. The van der Waals surface area contributed by atoms with Crippen molar-refractivity contribution in [3.8, 4) is 0 Å². The number of carboxylic acid groups (broad SMARTS) is 1. The largest absolute Gasteiger partial charge is 0.478 e. The first-order valence-electron chi connectivity index (χ1n) is 6.28. The zero-order chi connectivity index (χ0) is 15.6. The third-order valence-electron chi connectivity index (χ3n) is 3.22. The highest BCUT2D eigenvalue weighted by atomic mass is 79.9. The maximum absolute atomic E-state index is 12.4. The molecule has 0 atom stereocenters. The number of hydrazine groups is 1. The van der Waals surface area contributed by atoms with Crippen LogP contribution in [0.25, 0.3) is 0 Å². The quantitative estimate of drug-likeness (QED) is 0.797. The number of hydrogen-bond acceptors (Lipinski definition) is 5. The highest BCUT2D eigenvalue weighted by Gasteiger charge is 2.24. The van der Waals surface area contributed by atoms with Gasteiger partial charge < -0.3 is 10.0 Å². The number of hydrogen-bond donors (Lipinski definition) is 2. The van der Waals surface area contributed by atoms with Gasteiger partial charge in [-0.15, -0.1) is 4.83 Å². The van der Waals surface area contributed by atoms with E-state index >= 15 is 0 Å². The zero-order valence-electron chi connectivity index (χ0n) is 11.4. The van der Waals surface area contributed by atoms with E-state index in [0.717, 1.165) is 19.2 Å². The minimum Gasteiger partial charge on any atom is -0.478 e. The molecule has 0 amide bonds. The molecule has 1 aliphatic rings. The Morgan fingerprint density at radius 1 is 1.29 bits per heavy atom. The maximum atomic E-state index is 12.4. The van der Waals surface area contributed by atoms with Crippen LogP contribution in [0, 0.1) is 0 Å². The van der Waals surface area contributed by atoms with E-state index in [9.17, 15) is 13.2 Å². The van der Waals surface area contributed by atoms with E-state index in [2.05, 4.69) is 25.7 Å². The van der Waals surface area contributed by atoms with Crippen molar-refractivity contribution in [2.24, 2.45) is 0 Å². The number of halogens is 1. The molecule has 2 rings (SSSR count). The van der Waals surface area contributed by atoms with Crippen LogP contribution >= 0.6 is 15.9 Å². The first-order valence-corrected chi connectivity index (χ1v) is 8.56. The predicted molar refractivity (Wildman–Crippen MR) is 80.5 cm³/mol. The maximum Gasteiger partial charge on any atom is 0.335 e. The lowest BCUT2D eigenvalue weighted by Crippen LogP contribution is -2.52. The average molecular weight is 378 g/mol. The van der Waals surface area contributed by atoms with Gasteiger partial charge in [-0.3, -0.25) is 0 Å². The Bertz CT molecular complexity index is 642. The van der Waals surface area contributed by atoms with Crippen molar-refractivity contribution in [2.45, 2.75) is 4.90 Å². The van der Waals surface area contributed by atoms with Crippen molar-refractivity contribution in [2.75, 3.05) is 33.2 Å². The number of benzene rings is 1. The number of aromatic carboxylic acids is 1. The summed E-state index contributed by atoms with van der Waals surface area (Å²) in [6.45, 7) is 2.68. The number of nitrogens with zero attached hydrogens (tertiary/aromatic N) is 2. The summed E-state index contributed by atoms with van der Waals surface area (Å²) in [6, 6.07) is 3.91. The van der Waals surface area contributed by atoms with Crippen LogP contribution in [0.5, 0.6) is 0 Å². The van der Waals surface area contributed by atoms with Crippen LogP contribution in [0.1, 0.15) is 10.4 Å². The average Bonchev–Trinajstić information content (AvgIpc) is 2.41. The molecule has 9 heteroatoms. The van der Waals surface area contributed by atoms with Gasteiger partial charge in [-0.25, -0.2) is 18.2 Å². The summed E-state index contributed by atoms with van der Waals surface area (Å²) >= 11 is 3.15. The molecule has 1 saturated heterocycles. The third-order valence-corrected chi connectivity index (χ3v) is 5.59. The Morgan fingerprint density at radius 3 is 2.48 bits per heavy atom. The third kappa shape index (κ3) is 4.01. The summed E-state index contributed by atoms with van der Waals surface area (Å²) in [7, 11) is -1.85. The summed E-state index contributed by atoms with van der Waals surface area (Å²) in [5.74, 6) is -1.17. The van der Waals surface area contributed by atoms with Crippen LogP contribution in [0.4, 0.5) is 0 Å². The number of rotatable bonds is 4. The molecule has 0 unspecified atom stereocenters. The van der Waals surface area contributed by atoms with Gasteiger partial charge in [0.25, 0.3) is 10.0 Å². The summed E-state index contributed by atoms with van der Waals surface area (Å²) in [5.41, 5.74) is -0.0723. The molecule has 1 fully saturated rings. The number of nitrogens with one attached hydrogen (secondary N) is 1. The van der Waals surface area contributed by atoms with Gasteiger partial charge in [0.05, 0.1) is 10.5 Å². The second kappa shape index (κ2) is 6.41. The highest BCUT2D eigenvalue weighted by molar-refractivity contribution is 9.10. The van der Waals surface area contributed by atoms with Crippen LogP contribution in [0.2, 0.25) is 0 Å². The van der Waals surface area contributed by atoms with Crippen molar-refractivity contribution in [1.29, 1.82) is 0 Å². The molecule has 1 heterocycles. The van der Waals surface area contributed by atoms with Crippen LogP contribution in [-0.4, -0.2) is 62.6 Å². The van der Waals surface area contributed by atoms with Crippen molar-refractivity contribution < 1.29 is 18.3 Å². The van der Waals surface area contributed by atoms with E-state index in [1.54, 1.807) is 5.01 Å². The molecule has 21 heavy (non-hydrogen) atoms. The van der Waals surface area contributed by atoms with Gasteiger partial charge in [-0.2, -0.15) is 0 Å². The minimum absolute atomic E-state index is 0.0723. The fourth-order valence-electron chi connectivity index (χ4n) is 1.96. The molecule has 116 valence electrons. The van der Waals surface area contributed by atoms with Gasteiger partial charge in [-0.1, -0.05) is 0 Å². The molecule has 1 aromatic carbocycles. The molecule has 7 nitrogen and oxygen atoms in total. The Balaban J connectivity index is 2.23. The normalized spacial score (nSPS) is 17.8. The SMILES string of the molecule is CN1CCN(NS(=O)(=O)c2cc(C(=O)O)ccc2Br)CC1. The molecule has 0 aliphatic carbocycles. The summed E-state index contributed by atoms with van der Waals surface area (Å²) in [6.07, 6.45) is 0. The Morgan fingerprint density at radius 2 is 1.90 bits per heavy atom. The van der Waals surface area contributed by atoms with E-state index in [4.69, 9.17) is 5.11 Å². The second-order valence-corrected chi connectivity index (χ2v) is 7.32. The van der Waals surface area contributed by atoms with Crippen molar-refractivity contribution in [3.05, 3.63) is 28.2 Å². The minimum atomic E-state index is -3.82. The molecule has 1 aliphatic heterocycles. The van der Waals surface area contributed by atoms with E-state index in [1.165, 1.54) is 12.1 Å². The second-order valence-electron chi connectivity index (χ2n) is 4.84. The summed E-state index contributed by atoms with van der Waals surface area (Å²) in [4.78, 5) is 15.5. The van der Waals surface area contributed by atoms with Crippen LogP contribution in [0.15, 0.2) is 27.6 Å². The Kier molecular flexibility index (Phi) is 4.99. The highest BCUT2D eigenvalue weighted by Crippen LogP contribution is 2.23. The Hall–Kier alpha value is -1.00. The molecule has 0 aromatic heterocycles. The Labute approximate surface area is 131 Å². The van der Waals surface area contributed by atoms with Gasteiger partial charge in [0.2, 0.25) is 0 Å². The number of likely N-dealkylation sites (N-methyl/N-ethyl adjacent to an activating group) is 1. The van der Waals surface area contributed by atoms with Crippen LogP contribution in [-0.2, 0) is 10.0 Å². The molecular weight excluding hydrogens is 362 g/mol. The van der Waals surface area contributed by atoms with Gasteiger partial charge in [-0.05, 0) is 41.2 Å². The van der Waals surface area contributed by atoms with Crippen LogP contribution in [0.3, 0.4) is 0 Å². The van der Waals surface area contributed by atoms with Gasteiger partial charge in [0.15, 0.2) is 0 Å². The van der Waals surface area contributed by atoms with Gasteiger partial charge in [0.1, 0.15) is 0 Å². The van der Waals surface area contributed by atoms with Gasteiger partial charge in [0, 0.05) is 30.7 Å². The number of carbonyl (C=O) groups is 1. The van der Waals surface area contributed by atoms with Crippen molar-refractivity contribution >= 4 is 31.9 Å². The lowest BCUT2D eigenvalue weighted by molar-refractivity contribution is 0.0696. The van der Waals surface area contributed by atoms with Gasteiger partial charge >= 0.3 is 5.97 Å². The van der Waals surface area contributed by atoms with E-state index < -0.39 is 16.0 Å². The molecule has 0 spiro atoms. The topological polar surface area (TPSA) is 90.0 Å². The monoisotopic (exact) mass is 377 g/mol. The first kappa shape index (κ1) is 16.4. The standard InChI is InChI=1S/C12H16BrN3O4S/c1-15-4-6-16(7-5-15)14-21(19,20)11-8-9(12(17)18)2-3-10(11)13/h2-3,8,14H,4-7H2,1H3,(H,17,18). The molecule has 0 bridgehead atoms. The number of carboxylic acids is 1. The molecule has 0 radical (unpaired) electrons. The van der Waals surface area contributed by atoms with Crippen LogP contribution < -0.4 is 4.83 Å². The fraction of sp³-hybridized carbons (Fsp3) is 0.417. The lowest BCUT2D eigenvalue weighted by Gasteiger charge is -2.32. The van der Waals surface area contributed by atoms with E-state index in [1.807, 2.05) is 7.05 Å². The predicted octanol–water partition coefficient (Wildman–Crippen LogP) is 0.588. The number of sulfonamides is 1. The smallest absolute Gasteiger partial charge is 0.335 e. The molecular formula is C12H16BrN3O4S. The molecule has 1 aromatic rings. The van der Waals surface area contributed by atoms with Crippen molar-refractivity contribution in [3.63, 3.8) is 0 Å². The van der Waals surface area contributed by atoms with E-state index in [0.29, 0.717) is 17.6 Å². The fourth-order valence-corrected chi connectivity index (χ4v) is 4.07. The lowest BCUT2D eigenvalue weighted by atomic mass is 10.2. The first-order chi connectivity index (χ1) is 9.79. The molecule has 0 saturated carbocycles. The van der Waals surface area contributed by atoms with Crippen molar-refractivity contribution in [1.82, 2.24) is 14.7 Å². The summed E-state index contributed by atoms with van der Waals surface area (Å²) in [5, 5.41) is 10.6. The van der Waals surface area contributed by atoms with E-state index in [-0.39, 0.29) is 10.5 Å². The summed E-state index contributed by atoms with van der Waals surface area (Å²) < 4.78 is 25.1.